The van der Waals surface area contributed by atoms with Gasteiger partial charge in [-0.25, -0.2) is 13.1 Å². The van der Waals surface area contributed by atoms with E-state index in [1.807, 2.05) is 0 Å². The lowest BCUT2D eigenvalue weighted by Crippen LogP contribution is -2.37. The molecule has 0 heterocycles. The summed E-state index contributed by atoms with van der Waals surface area (Å²) >= 11 is 0. The first kappa shape index (κ1) is 16.0. The van der Waals surface area contributed by atoms with Crippen LogP contribution in [0.4, 0.5) is 5.69 Å². The highest BCUT2D eigenvalue weighted by Crippen LogP contribution is 2.24. The summed E-state index contributed by atoms with van der Waals surface area (Å²) in [5.74, 6) is 0. The van der Waals surface area contributed by atoms with Crippen LogP contribution in [0.15, 0.2) is 23.1 Å². The maximum atomic E-state index is 12.1. The summed E-state index contributed by atoms with van der Waals surface area (Å²) < 4.78 is 26.5. The van der Waals surface area contributed by atoms with Gasteiger partial charge in [-0.3, -0.25) is 10.1 Å². The van der Waals surface area contributed by atoms with Gasteiger partial charge in [0.2, 0.25) is 10.0 Å². The Labute approximate surface area is 116 Å². The van der Waals surface area contributed by atoms with Crippen LogP contribution >= 0.6 is 0 Å². The van der Waals surface area contributed by atoms with E-state index in [9.17, 15) is 18.5 Å². The minimum atomic E-state index is -3.98. The molecule has 1 rings (SSSR count). The number of nitrogens with one attached hydrogen (secondary N) is 2. The van der Waals surface area contributed by atoms with E-state index < -0.39 is 31.1 Å². The standard InChI is InChI=1S/C11H14N4O4S/c1-8(13-2)7-14-20(18,19)11-5-3-4-10(15(16)17)9(11)6-12/h3-5,8,13-14H,7H2,1-2H3. The molecule has 108 valence electrons. The van der Waals surface area contributed by atoms with E-state index in [0.717, 1.165) is 12.1 Å². The zero-order valence-corrected chi connectivity index (χ0v) is 11.8. The van der Waals surface area contributed by atoms with Crippen LogP contribution in [0.5, 0.6) is 0 Å². The fraction of sp³-hybridized carbons (Fsp3) is 0.364. The number of benzene rings is 1. The third-order valence-electron chi connectivity index (χ3n) is 2.67. The molecule has 20 heavy (non-hydrogen) atoms. The van der Waals surface area contributed by atoms with Gasteiger partial charge in [-0.2, -0.15) is 5.26 Å². The summed E-state index contributed by atoms with van der Waals surface area (Å²) in [6.45, 7) is 1.87. The van der Waals surface area contributed by atoms with Crippen LogP contribution in [0.25, 0.3) is 0 Å². The van der Waals surface area contributed by atoms with Gasteiger partial charge in [0.25, 0.3) is 5.69 Å². The van der Waals surface area contributed by atoms with Gasteiger partial charge < -0.3 is 5.32 Å². The number of nitro benzene ring substituents is 1. The summed E-state index contributed by atoms with van der Waals surface area (Å²) in [7, 11) is -2.31. The summed E-state index contributed by atoms with van der Waals surface area (Å²) in [5.41, 5.74) is -1.00. The maximum absolute atomic E-state index is 12.1. The van der Waals surface area contributed by atoms with E-state index in [2.05, 4.69) is 10.0 Å². The van der Waals surface area contributed by atoms with E-state index >= 15 is 0 Å². The van der Waals surface area contributed by atoms with Gasteiger partial charge in [-0.05, 0) is 20.0 Å². The van der Waals surface area contributed by atoms with Crippen molar-refractivity contribution in [1.82, 2.24) is 10.0 Å². The largest absolute Gasteiger partial charge is 0.316 e. The van der Waals surface area contributed by atoms with Crippen molar-refractivity contribution < 1.29 is 13.3 Å². The van der Waals surface area contributed by atoms with Gasteiger partial charge >= 0.3 is 0 Å². The fourth-order valence-corrected chi connectivity index (χ4v) is 2.72. The van der Waals surface area contributed by atoms with Crippen molar-refractivity contribution in [2.45, 2.75) is 17.9 Å². The molecule has 0 saturated heterocycles. The van der Waals surface area contributed by atoms with Gasteiger partial charge in [0.15, 0.2) is 0 Å². The molecule has 9 heteroatoms. The number of hydrogen-bond acceptors (Lipinski definition) is 6. The molecule has 1 aromatic rings. The summed E-state index contributed by atoms with van der Waals surface area (Å²) in [5, 5.41) is 22.6. The molecule has 8 nitrogen and oxygen atoms in total. The summed E-state index contributed by atoms with van der Waals surface area (Å²) in [6.07, 6.45) is 0. The molecular weight excluding hydrogens is 284 g/mol. The quantitative estimate of drug-likeness (QED) is 0.576. The third kappa shape index (κ3) is 3.51. The van der Waals surface area contributed by atoms with E-state index in [1.54, 1.807) is 20.0 Å². The SMILES string of the molecule is CNC(C)CNS(=O)(=O)c1cccc([N+](=O)[O-])c1C#N. The third-order valence-corrected chi connectivity index (χ3v) is 4.14. The van der Waals surface area contributed by atoms with Gasteiger partial charge in [0, 0.05) is 18.7 Å². The maximum Gasteiger partial charge on any atom is 0.288 e. The monoisotopic (exact) mass is 298 g/mol. The molecule has 0 aliphatic rings. The van der Waals surface area contributed by atoms with Crippen LogP contribution < -0.4 is 10.0 Å². The lowest BCUT2D eigenvalue weighted by Gasteiger charge is -2.12. The first-order chi connectivity index (χ1) is 9.33. The van der Waals surface area contributed by atoms with Crippen LogP contribution in [0.2, 0.25) is 0 Å². The molecule has 2 N–H and O–H groups in total. The molecule has 0 radical (unpaired) electrons. The first-order valence-electron chi connectivity index (χ1n) is 5.68. The van der Waals surface area contributed by atoms with Crippen LogP contribution in [0, 0.1) is 21.4 Å². The molecule has 0 amide bonds. The van der Waals surface area contributed by atoms with Gasteiger partial charge in [0.1, 0.15) is 16.5 Å². The van der Waals surface area contributed by atoms with Crippen molar-refractivity contribution in [3.63, 3.8) is 0 Å². The van der Waals surface area contributed by atoms with Crippen LogP contribution in [-0.4, -0.2) is 33.0 Å². The minimum absolute atomic E-state index is 0.104. The second-order valence-corrected chi connectivity index (χ2v) is 5.80. The van der Waals surface area contributed by atoms with E-state index in [1.165, 1.54) is 6.07 Å². The Morgan fingerprint density at radius 1 is 1.50 bits per heavy atom. The summed E-state index contributed by atoms with van der Waals surface area (Å²) in [4.78, 5) is 9.63. The second kappa shape index (κ2) is 6.42. The second-order valence-electron chi connectivity index (χ2n) is 4.06. The lowest BCUT2D eigenvalue weighted by molar-refractivity contribution is -0.385. The Morgan fingerprint density at radius 2 is 2.15 bits per heavy atom. The van der Waals surface area contributed by atoms with Crippen LogP contribution in [0.3, 0.4) is 0 Å². The number of sulfonamides is 1. The Balaban J connectivity index is 3.23. The zero-order valence-electron chi connectivity index (χ0n) is 11.0. The minimum Gasteiger partial charge on any atom is -0.316 e. The van der Waals surface area contributed by atoms with Crippen molar-refractivity contribution in [3.8, 4) is 6.07 Å². The normalized spacial score (nSPS) is 12.7. The van der Waals surface area contributed by atoms with Gasteiger partial charge in [-0.1, -0.05) is 6.07 Å². The number of hydrogen-bond donors (Lipinski definition) is 2. The number of nitrogens with zero attached hydrogens (tertiary/aromatic N) is 2. The Morgan fingerprint density at radius 3 is 2.65 bits per heavy atom. The van der Waals surface area contributed by atoms with E-state index in [-0.39, 0.29) is 12.6 Å². The Hall–Kier alpha value is -2.02. The topological polar surface area (TPSA) is 125 Å². The average Bonchev–Trinajstić information content (AvgIpc) is 2.43. The van der Waals surface area contributed by atoms with Crippen LogP contribution in [-0.2, 0) is 10.0 Å². The van der Waals surface area contributed by atoms with Crippen molar-refractivity contribution in [2.24, 2.45) is 0 Å². The number of rotatable bonds is 6. The van der Waals surface area contributed by atoms with Crippen molar-refractivity contribution in [2.75, 3.05) is 13.6 Å². The van der Waals surface area contributed by atoms with Crippen LogP contribution in [0.1, 0.15) is 12.5 Å². The molecule has 0 fully saturated rings. The summed E-state index contributed by atoms with van der Waals surface area (Å²) in [6, 6.07) is 4.95. The van der Waals surface area contributed by atoms with E-state index in [0.29, 0.717) is 0 Å². The van der Waals surface area contributed by atoms with Gasteiger partial charge in [0.05, 0.1) is 4.92 Å². The predicted molar refractivity (Wildman–Crippen MR) is 71.5 cm³/mol. The number of likely N-dealkylation sites (N-methyl/N-ethyl adjacent to an activating group) is 1. The van der Waals surface area contributed by atoms with Gasteiger partial charge in [-0.15, -0.1) is 0 Å². The molecule has 1 aromatic carbocycles. The molecule has 0 saturated carbocycles. The predicted octanol–water partition coefficient (Wildman–Crippen LogP) is 0.353. The Kier molecular flexibility index (Phi) is 5.15. The molecule has 1 atom stereocenters. The number of nitro groups is 1. The zero-order chi connectivity index (χ0) is 15.3. The molecule has 0 aliphatic heterocycles. The molecule has 0 bridgehead atoms. The van der Waals surface area contributed by atoms with E-state index in [4.69, 9.17) is 5.26 Å². The highest BCUT2D eigenvalue weighted by Gasteiger charge is 2.25. The molecule has 1 unspecified atom stereocenters. The number of nitriles is 1. The first-order valence-corrected chi connectivity index (χ1v) is 7.16. The van der Waals surface area contributed by atoms with Crippen molar-refractivity contribution in [3.05, 3.63) is 33.9 Å². The van der Waals surface area contributed by atoms with Crippen molar-refractivity contribution in [1.29, 1.82) is 5.26 Å². The molecule has 0 aromatic heterocycles. The van der Waals surface area contributed by atoms with Crippen molar-refractivity contribution >= 4 is 15.7 Å². The highest BCUT2D eigenvalue weighted by atomic mass is 32.2. The molecule has 0 spiro atoms. The smallest absolute Gasteiger partial charge is 0.288 e. The highest BCUT2D eigenvalue weighted by molar-refractivity contribution is 7.89. The average molecular weight is 298 g/mol. The molecular formula is C11H14N4O4S. The Bertz CT molecular complexity index is 651. The lowest BCUT2D eigenvalue weighted by atomic mass is 10.2. The molecule has 0 aliphatic carbocycles. The fourth-order valence-electron chi connectivity index (χ4n) is 1.42.